The first-order chi connectivity index (χ1) is 12.1. The molecule has 6 heteroatoms. The second kappa shape index (κ2) is 10.0. The van der Waals surface area contributed by atoms with Crippen LogP contribution in [0.5, 0.6) is 0 Å². The Morgan fingerprint density at radius 2 is 2.12 bits per heavy atom. The lowest BCUT2D eigenvalue weighted by Gasteiger charge is -2.19. The molecule has 0 N–H and O–H groups in total. The van der Waals surface area contributed by atoms with Gasteiger partial charge in [-0.1, -0.05) is 17.3 Å². The highest BCUT2D eigenvalue weighted by Crippen LogP contribution is 2.20. The molecular weight excluding hydrogens is 319 g/mol. The average molecular weight is 346 g/mol. The van der Waals surface area contributed by atoms with E-state index >= 15 is 0 Å². The van der Waals surface area contributed by atoms with Gasteiger partial charge in [-0.05, 0) is 57.0 Å². The number of halogens is 1. The van der Waals surface area contributed by atoms with Crippen molar-refractivity contribution in [3.63, 3.8) is 0 Å². The van der Waals surface area contributed by atoms with E-state index in [4.69, 9.17) is 4.84 Å². The molecule has 0 amide bonds. The monoisotopic (exact) mass is 346 g/mol. The summed E-state index contributed by atoms with van der Waals surface area (Å²) in [5.41, 5.74) is 1.82. The van der Waals surface area contributed by atoms with E-state index in [1.807, 2.05) is 7.05 Å². The second-order valence-corrected chi connectivity index (χ2v) is 6.31. The van der Waals surface area contributed by atoms with Crippen LogP contribution in [0.15, 0.2) is 39.4 Å². The molecule has 0 bridgehead atoms. The summed E-state index contributed by atoms with van der Waals surface area (Å²) in [6.45, 7) is 5.03. The van der Waals surface area contributed by atoms with Crippen LogP contribution in [0.1, 0.15) is 31.7 Å². The van der Waals surface area contributed by atoms with Crippen LogP contribution in [-0.2, 0) is 4.84 Å². The van der Waals surface area contributed by atoms with Gasteiger partial charge in [0, 0.05) is 32.3 Å². The number of hydrogen-bond donors (Lipinski definition) is 0. The SMILES string of the molecule is CN=C(C)CN1CCCC(C(=NC)O/N=C/c2cccc(F)c2)CC1. The number of benzene rings is 1. The third-order valence-corrected chi connectivity index (χ3v) is 4.42. The highest BCUT2D eigenvalue weighted by Gasteiger charge is 2.22. The number of nitrogens with zero attached hydrogens (tertiary/aromatic N) is 4. The minimum absolute atomic E-state index is 0.263. The number of rotatable bonds is 5. The van der Waals surface area contributed by atoms with Crippen LogP contribution in [0.2, 0.25) is 0 Å². The predicted molar refractivity (Wildman–Crippen MR) is 101 cm³/mol. The van der Waals surface area contributed by atoms with E-state index in [-0.39, 0.29) is 11.7 Å². The van der Waals surface area contributed by atoms with E-state index in [2.05, 4.69) is 27.0 Å². The van der Waals surface area contributed by atoms with E-state index in [1.54, 1.807) is 19.2 Å². The minimum atomic E-state index is -0.289. The first-order valence-corrected chi connectivity index (χ1v) is 8.69. The Labute approximate surface area is 149 Å². The zero-order chi connectivity index (χ0) is 18.1. The van der Waals surface area contributed by atoms with Gasteiger partial charge in [-0.15, -0.1) is 0 Å². The third-order valence-electron chi connectivity index (χ3n) is 4.42. The van der Waals surface area contributed by atoms with Crippen molar-refractivity contribution in [3.8, 4) is 0 Å². The predicted octanol–water partition coefficient (Wildman–Crippen LogP) is 3.40. The number of likely N-dealkylation sites (tertiary alicyclic amines) is 1. The van der Waals surface area contributed by atoms with Gasteiger partial charge in [-0.3, -0.25) is 14.9 Å². The lowest BCUT2D eigenvalue weighted by atomic mass is 10.0. The van der Waals surface area contributed by atoms with E-state index in [0.717, 1.165) is 44.6 Å². The average Bonchev–Trinajstić information content (AvgIpc) is 2.84. The van der Waals surface area contributed by atoms with Crippen molar-refractivity contribution in [1.29, 1.82) is 0 Å². The summed E-state index contributed by atoms with van der Waals surface area (Å²) in [5.74, 6) is 0.622. The summed E-state index contributed by atoms with van der Waals surface area (Å²) in [6.07, 6.45) is 4.62. The molecule has 136 valence electrons. The fourth-order valence-electron chi connectivity index (χ4n) is 2.98. The molecule has 0 radical (unpaired) electrons. The highest BCUT2D eigenvalue weighted by molar-refractivity contribution is 5.84. The van der Waals surface area contributed by atoms with Gasteiger partial charge in [-0.2, -0.15) is 0 Å². The molecule has 1 aliphatic heterocycles. The van der Waals surface area contributed by atoms with E-state index in [1.165, 1.54) is 18.3 Å². The summed E-state index contributed by atoms with van der Waals surface area (Å²) in [6, 6.07) is 6.24. The summed E-state index contributed by atoms with van der Waals surface area (Å²) >= 11 is 0. The Morgan fingerprint density at radius 1 is 1.28 bits per heavy atom. The summed E-state index contributed by atoms with van der Waals surface area (Å²) < 4.78 is 13.2. The van der Waals surface area contributed by atoms with Crippen LogP contribution >= 0.6 is 0 Å². The van der Waals surface area contributed by atoms with Crippen molar-refractivity contribution in [3.05, 3.63) is 35.6 Å². The van der Waals surface area contributed by atoms with Gasteiger partial charge < -0.3 is 4.84 Å². The van der Waals surface area contributed by atoms with Gasteiger partial charge in [0.2, 0.25) is 5.90 Å². The fraction of sp³-hybridized carbons (Fsp3) is 0.526. The Bertz CT molecular complexity index is 642. The quantitative estimate of drug-likeness (QED) is 0.466. The van der Waals surface area contributed by atoms with E-state index < -0.39 is 0 Å². The second-order valence-electron chi connectivity index (χ2n) is 6.31. The van der Waals surface area contributed by atoms with Crippen molar-refractivity contribution in [2.24, 2.45) is 21.1 Å². The van der Waals surface area contributed by atoms with Crippen LogP contribution < -0.4 is 0 Å². The van der Waals surface area contributed by atoms with Crippen molar-refractivity contribution < 1.29 is 9.23 Å². The molecule has 1 heterocycles. The minimum Gasteiger partial charge on any atom is -0.341 e. The topological polar surface area (TPSA) is 49.5 Å². The van der Waals surface area contributed by atoms with Crippen molar-refractivity contribution in [1.82, 2.24) is 4.90 Å². The zero-order valence-electron chi connectivity index (χ0n) is 15.3. The molecule has 1 fully saturated rings. The molecule has 1 unspecified atom stereocenters. The summed E-state index contributed by atoms with van der Waals surface area (Å²) in [4.78, 5) is 16.5. The van der Waals surface area contributed by atoms with Gasteiger partial charge in [-0.25, -0.2) is 4.39 Å². The fourth-order valence-corrected chi connectivity index (χ4v) is 2.98. The first-order valence-electron chi connectivity index (χ1n) is 8.69. The lowest BCUT2D eigenvalue weighted by Crippen LogP contribution is -2.30. The van der Waals surface area contributed by atoms with Crippen molar-refractivity contribution in [2.75, 3.05) is 33.7 Å². The highest BCUT2D eigenvalue weighted by atomic mass is 19.1. The third kappa shape index (κ3) is 6.38. The lowest BCUT2D eigenvalue weighted by molar-refractivity contribution is 0.289. The van der Waals surface area contributed by atoms with E-state index in [9.17, 15) is 4.39 Å². The van der Waals surface area contributed by atoms with Gasteiger partial charge in [0.25, 0.3) is 0 Å². The van der Waals surface area contributed by atoms with Gasteiger partial charge in [0.1, 0.15) is 5.82 Å². The molecular formula is C19H27FN4O. The normalized spacial score (nSPS) is 20.7. The number of oxime groups is 1. The molecule has 0 aromatic heterocycles. The number of hydrogen-bond acceptors (Lipinski definition) is 5. The van der Waals surface area contributed by atoms with Crippen LogP contribution in [-0.4, -0.2) is 56.5 Å². The Kier molecular flexibility index (Phi) is 7.73. The van der Waals surface area contributed by atoms with Crippen LogP contribution in [0.4, 0.5) is 4.39 Å². The summed E-state index contributed by atoms with van der Waals surface area (Å²) in [5, 5.41) is 3.99. The van der Waals surface area contributed by atoms with Gasteiger partial charge in [0.05, 0.1) is 6.21 Å². The molecule has 25 heavy (non-hydrogen) atoms. The molecule has 1 atom stereocenters. The molecule has 2 rings (SSSR count). The molecule has 0 spiro atoms. The zero-order valence-corrected chi connectivity index (χ0v) is 15.3. The Balaban J connectivity index is 1.90. The first kappa shape index (κ1) is 19.2. The van der Waals surface area contributed by atoms with Gasteiger partial charge in [0.15, 0.2) is 0 Å². The maximum Gasteiger partial charge on any atom is 0.223 e. The maximum atomic E-state index is 13.2. The largest absolute Gasteiger partial charge is 0.341 e. The van der Waals surface area contributed by atoms with Crippen molar-refractivity contribution >= 4 is 17.8 Å². The van der Waals surface area contributed by atoms with E-state index in [0.29, 0.717) is 11.5 Å². The maximum absolute atomic E-state index is 13.2. The molecule has 1 aromatic carbocycles. The Morgan fingerprint density at radius 3 is 2.84 bits per heavy atom. The molecule has 5 nitrogen and oxygen atoms in total. The summed E-state index contributed by atoms with van der Waals surface area (Å²) in [7, 11) is 3.56. The van der Waals surface area contributed by atoms with Crippen LogP contribution in [0.3, 0.4) is 0 Å². The van der Waals surface area contributed by atoms with Crippen molar-refractivity contribution in [2.45, 2.75) is 26.2 Å². The molecule has 1 saturated heterocycles. The number of aliphatic imine (C=N–C) groups is 2. The van der Waals surface area contributed by atoms with Crippen LogP contribution in [0.25, 0.3) is 0 Å². The van der Waals surface area contributed by atoms with Crippen LogP contribution in [0, 0.1) is 11.7 Å². The molecule has 0 saturated carbocycles. The smallest absolute Gasteiger partial charge is 0.223 e. The molecule has 1 aliphatic rings. The molecule has 0 aliphatic carbocycles. The Hall–Kier alpha value is -2.08. The van der Waals surface area contributed by atoms with Gasteiger partial charge >= 0.3 is 0 Å². The molecule has 1 aromatic rings. The standard InChI is InChI=1S/C19H27FN4O/c1-15(21-2)14-24-10-5-7-17(9-11-24)19(22-3)25-23-13-16-6-4-8-18(20)12-16/h4,6,8,12-13,17H,5,7,9-11,14H2,1-3H3/b21-15?,22-19?,23-13+.